The van der Waals surface area contributed by atoms with Crippen LogP contribution < -0.4 is 5.32 Å². The molecule has 0 radical (unpaired) electrons. The maximum Gasteiger partial charge on any atom is 0.408 e. The van der Waals surface area contributed by atoms with Crippen molar-refractivity contribution in [2.75, 3.05) is 7.11 Å². The highest BCUT2D eigenvalue weighted by molar-refractivity contribution is 5.89. The Morgan fingerprint density at radius 1 is 1.50 bits per heavy atom. The first kappa shape index (κ1) is 14.3. The molecule has 0 bridgehead atoms. The summed E-state index contributed by atoms with van der Waals surface area (Å²) in [6.07, 6.45) is -0.0643. The number of amides is 1. The van der Waals surface area contributed by atoms with Crippen LogP contribution in [0.15, 0.2) is 0 Å². The van der Waals surface area contributed by atoms with E-state index in [1.807, 2.05) is 6.07 Å². The number of ether oxygens (including phenoxy) is 2. The topological polar surface area (TPSA) is 88.4 Å². The average Bonchev–Trinajstić information content (AvgIpc) is 2.89. The average molecular weight is 254 g/mol. The van der Waals surface area contributed by atoms with Crippen molar-refractivity contribution in [3.8, 4) is 6.07 Å². The maximum absolute atomic E-state index is 11.7. The fourth-order valence-corrected chi connectivity index (χ4v) is 1.81. The Morgan fingerprint density at radius 3 is 2.56 bits per heavy atom. The van der Waals surface area contributed by atoms with E-state index in [4.69, 9.17) is 10.00 Å². The van der Waals surface area contributed by atoms with Crippen LogP contribution in [0.5, 0.6) is 0 Å². The van der Waals surface area contributed by atoms with E-state index in [1.165, 1.54) is 7.11 Å². The highest BCUT2D eigenvalue weighted by Crippen LogP contribution is 2.46. The lowest BCUT2D eigenvalue weighted by molar-refractivity contribution is -0.144. The molecule has 1 amide bonds. The lowest BCUT2D eigenvalue weighted by Gasteiger charge is -2.22. The molecular formula is C12H18N2O4. The lowest BCUT2D eigenvalue weighted by Crippen LogP contribution is -2.47. The highest BCUT2D eigenvalue weighted by Gasteiger charge is 2.62. The van der Waals surface area contributed by atoms with Crippen molar-refractivity contribution < 1.29 is 19.1 Å². The Morgan fingerprint density at radius 2 is 2.11 bits per heavy atom. The van der Waals surface area contributed by atoms with Crippen molar-refractivity contribution >= 4 is 12.1 Å². The molecule has 1 aliphatic carbocycles. The summed E-state index contributed by atoms with van der Waals surface area (Å²) in [6.45, 7) is 5.20. The van der Waals surface area contributed by atoms with Crippen molar-refractivity contribution in [3.05, 3.63) is 0 Å². The van der Waals surface area contributed by atoms with Crippen LogP contribution >= 0.6 is 0 Å². The molecule has 18 heavy (non-hydrogen) atoms. The van der Waals surface area contributed by atoms with Crippen molar-refractivity contribution in [2.24, 2.45) is 5.92 Å². The van der Waals surface area contributed by atoms with E-state index in [2.05, 4.69) is 10.1 Å². The second-order valence-corrected chi connectivity index (χ2v) is 5.35. The Labute approximate surface area is 106 Å². The monoisotopic (exact) mass is 254 g/mol. The van der Waals surface area contributed by atoms with Gasteiger partial charge in [0.15, 0.2) is 0 Å². The summed E-state index contributed by atoms with van der Waals surface area (Å²) >= 11 is 0. The lowest BCUT2D eigenvalue weighted by atomic mass is 10.1. The molecule has 2 atom stereocenters. The quantitative estimate of drug-likeness (QED) is 0.768. The van der Waals surface area contributed by atoms with Gasteiger partial charge in [0.05, 0.1) is 13.2 Å². The van der Waals surface area contributed by atoms with Gasteiger partial charge in [0, 0.05) is 12.3 Å². The number of hydrogen-bond acceptors (Lipinski definition) is 5. The van der Waals surface area contributed by atoms with Crippen LogP contribution in [0.1, 0.15) is 33.6 Å². The molecule has 0 heterocycles. The number of nitriles is 1. The third-order valence-electron chi connectivity index (χ3n) is 2.72. The van der Waals surface area contributed by atoms with Gasteiger partial charge in [-0.1, -0.05) is 0 Å². The molecule has 0 aromatic rings. The minimum absolute atomic E-state index is 0.199. The summed E-state index contributed by atoms with van der Waals surface area (Å²) in [4.78, 5) is 23.3. The van der Waals surface area contributed by atoms with E-state index >= 15 is 0 Å². The molecule has 0 aromatic carbocycles. The fourth-order valence-electron chi connectivity index (χ4n) is 1.81. The highest BCUT2D eigenvalue weighted by atomic mass is 16.6. The Balaban J connectivity index is 2.69. The second-order valence-electron chi connectivity index (χ2n) is 5.35. The van der Waals surface area contributed by atoms with Crippen LogP contribution in [-0.4, -0.2) is 30.3 Å². The molecule has 1 aliphatic rings. The zero-order valence-corrected chi connectivity index (χ0v) is 11.1. The van der Waals surface area contributed by atoms with Gasteiger partial charge in [0.1, 0.15) is 11.1 Å². The molecule has 1 N–H and O–H groups in total. The van der Waals surface area contributed by atoms with Crippen LogP contribution in [0.25, 0.3) is 0 Å². The zero-order chi connectivity index (χ0) is 14.0. The van der Waals surface area contributed by atoms with E-state index in [0.29, 0.717) is 6.42 Å². The van der Waals surface area contributed by atoms with Gasteiger partial charge in [-0.25, -0.2) is 9.59 Å². The maximum atomic E-state index is 11.7. The van der Waals surface area contributed by atoms with Crippen molar-refractivity contribution in [3.63, 3.8) is 0 Å². The van der Waals surface area contributed by atoms with Gasteiger partial charge in [-0.05, 0) is 27.2 Å². The molecule has 0 saturated heterocycles. The van der Waals surface area contributed by atoms with Crippen LogP contribution in [-0.2, 0) is 14.3 Å². The van der Waals surface area contributed by atoms with E-state index in [0.717, 1.165) is 0 Å². The summed E-state index contributed by atoms with van der Waals surface area (Å²) < 4.78 is 9.76. The van der Waals surface area contributed by atoms with Gasteiger partial charge in [0.2, 0.25) is 0 Å². The number of alkyl carbamates (subject to hydrolysis) is 1. The van der Waals surface area contributed by atoms with Gasteiger partial charge in [-0.3, -0.25) is 0 Å². The molecule has 1 saturated carbocycles. The van der Waals surface area contributed by atoms with Gasteiger partial charge in [-0.15, -0.1) is 0 Å². The normalized spacial score (nSPS) is 25.8. The number of nitrogens with zero attached hydrogens (tertiary/aromatic N) is 1. The van der Waals surface area contributed by atoms with E-state index in [9.17, 15) is 9.59 Å². The number of carbonyl (C=O) groups is 2. The standard InChI is InChI=1S/C12H18N2O4/c1-11(2,3)18-10(16)14-12(9(15)17-4)7-8(12)5-6-13/h8H,5,7H2,1-4H3,(H,14,16). The largest absolute Gasteiger partial charge is 0.467 e. The van der Waals surface area contributed by atoms with Gasteiger partial charge in [0.25, 0.3) is 0 Å². The van der Waals surface area contributed by atoms with Gasteiger partial charge < -0.3 is 14.8 Å². The summed E-state index contributed by atoms with van der Waals surface area (Å²) in [6, 6.07) is 1.98. The Hall–Kier alpha value is -1.77. The molecular weight excluding hydrogens is 236 g/mol. The van der Waals surface area contributed by atoms with E-state index < -0.39 is 23.2 Å². The summed E-state index contributed by atoms with van der Waals surface area (Å²) in [5.74, 6) is -0.740. The number of rotatable bonds is 3. The molecule has 2 unspecified atom stereocenters. The number of esters is 1. The molecule has 100 valence electrons. The summed E-state index contributed by atoms with van der Waals surface area (Å²) in [7, 11) is 1.25. The number of carbonyl (C=O) groups excluding carboxylic acids is 2. The zero-order valence-electron chi connectivity index (χ0n) is 11.1. The molecule has 1 rings (SSSR count). The number of hydrogen-bond donors (Lipinski definition) is 1. The smallest absolute Gasteiger partial charge is 0.408 e. The fraction of sp³-hybridized carbons (Fsp3) is 0.750. The van der Waals surface area contributed by atoms with Gasteiger partial charge >= 0.3 is 12.1 Å². The molecule has 0 aliphatic heterocycles. The van der Waals surface area contributed by atoms with E-state index in [-0.39, 0.29) is 12.3 Å². The molecule has 6 nitrogen and oxygen atoms in total. The predicted octanol–water partition coefficient (Wildman–Crippen LogP) is 1.36. The molecule has 1 fully saturated rings. The van der Waals surface area contributed by atoms with Crippen molar-refractivity contribution in [2.45, 2.75) is 44.8 Å². The number of methoxy groups -OCH3 is 1. The SMILES string of the molecule is COC(=O)C1(NC(=O)OC(C)(C)C)CC1CC#N. The minimum Gasteiger partial charge on any atom is -0.467 e. The van der Waals surface area contributed by atoms with Gasteiger partial charge in [-0.2, -0.15) is 5.26 Å². The summed E-state index contributed by atoms with van der Waals surface area (Å²) in [5, 5.41) is 11.2. The third kappa shape index (κ3) is 3.13. The van der Waals surface area contributed by atoms with E-state index in [1.54, 1.807) is 20.8 Å². The van der Waals surface area contributed by atoms with Crippen LogP contribution in [0.3, 0.4) is 0 Å². The van der Waals surface area contributed by atoms with Crippen LogP contribution in [0.2, 0.25) is 0 Å². The first-order valence-corrected chi connectivity index (χ1v) is 5.71. The number of nitrogens with one attached hydrogen (secondary N) is 1. The minimum atomic E-state index is -1.09. The van der Waals surface area contributed by atoms with Crippen LogP contribution in [0, 0.1) is 17.2 Å². The van der Waals surface area contributed by atoms with Crippen molar-refractivity contribution in [1.82, 2.24) is 5.32 Å². The first-order valence-electron chi connectivity index (χ1n) is 5.71. The summed E-state index contributed by atoms with van der Waals surface area (Å²) in [5.41, 5.74) is -1.73. The first-order chi connectivity index (χ1) is 8.25. The second kappa shape index (κ2) is 4.84. The molecule has 0 aromatic heterocycles. The van der Waals surface area contributed by atoms with Crippen molar-refractivity contribution in [1.29, 1.82) is 5.26 Å². The third-order valence-corrected chi connectivity index (χ3v) is 2.72. The van der Waals surface area contributed by atoms with Crippen LogP contribution in [0.4, 0.5) is 4.79 Å². The Kier molecular flexibility index (Phi) is 3.85. The Bertz CT molecular complexity index is 394. The molecule has 0 spiro atoms. The molecule has 6 heteroatoms. The predicted molar refractivity (Wildman–Crippen MR) is 62.5 cm³/mol.